The summed E-state index contributed by atoms with van der Waals surface area (Å²) in [7, 11) is 1.97. The summed E-state index contributed by atoms with van der Waals surface area (Å²) in [5, 5.41) is 0.924. The molecule has 1 aliphatic carbocycles. The van der Waals surface area contributed by atoms with Crippen LogP contribution in [-0.2, 0) is 6.54 Å². The molecule has 5 heteroatoms. The number of benzene rings is 1. The average molecular weight is 305 g/mol. The van der Waals surface area contributed by atoms with E-state index in [4.69, 9.17) is 10.7 Å². The van der Waals surface area contributed by atoms with Gasteiger partial charge in [0.25, 0.3) is 0 Å². The average Bonchev–Trinajstić information content (AvgIpc) is 3.25. The summed E-state index contributed by atoms with van der Waals surface area (Å²) in [4.78, 5) is 7.96. The molecule has 0 saturated heterocycles. The minimum Gasteiger partial charge on any atom is -0.344 e. The van der Waals surface area contributed by atoms with Crippen LogP contribution in [-0.4, -0.2) is 12.0 Å². The van der Waals surface area contributed by atoms with E-state index in [2.05, 4.69) is 0 Å². The third-order valence-electron chi connectivity index (χ3n) is 4.10. The highest BCUT2D eigenvalue weighted by atomic mass is 32.1. The van der Waals surface area contributed by atoms with Crippen molar-refractivity contribution in [3.63, 3.8) is 0 Å². The fraction of sp³-hybridized carbons (Fsp3) is 0.438. The zero-order chi connectivity index (χ0) is 15.0. The number of nitrogens with two attached hydrogens (primary N) is 1. The van der Waals surface area contributed by atoms with Gasteiger partial charge in [0.2, 0.25) is 0 Å². The summed E-state index contributed by atoms with van der Waals surface area (Å²) in [5.74, 6) is 0.417. The Morgan fingerprint density at radius 3 is 2.76 bits per heavy atom. The van der Waals surface area contributed by atoms with Crippen molar-refractivity contribution >= 4 is 16.5 Å². The van der Waals surface area contributed by atoms with Crippen LogP contribution in [0.2, 0.25) is 0 Å². The highest BCUT2D eigenvalue weighted by Gasteiger charge is 2.30. The first-order valence-electron chi connectivity index (χ1n) is 7.28. The molecule has 0 aliphatic heterocycles. The number of aromatic nitrogens is 1. The van der Waals surface area contributed by atoms with Crippen molar-refractivity contribution in [1.82, 2.24) is 4.98 Å². The molecule has 21 heavy (non-hydrogen) atoms. The number of thiazole rings is 1. The Morgan fingerprint density at radius 2 is 2.14 bits per heavy atom. The largest absolute Gasteiger partial charge is 0.344 e. The summed E-state index contributed by atoms with van der Waals surface area (Å²) in [6.07, 6.45) is 2.42. The standard InChI is InChI=1S/C16H20FN3S/c1-10(12-5-3-4-6-13(12)17)20(2)16-19-15(11-7-8-11)14(9-18)21-16/h3-6,10-11H,7-9,18H2,1-2H3. The summed E-state index contributed by atoms with van der Waals surface area (Å²) in [5.41, 5.74) is 7.68. The molecule has 1 unspecified atom stereocenters. The molecule has 1 heterocycles. The highest BCUT2D eigenvalue weighted by molar-refractivity contribution is 7.15. The molecule has 1 aliphatic rings. The second-order valence-corrected chi connectivity index (χ2v) is 6.65. The summed E-state index contributed by atoms with van der Waals surface area (Å²) in [6, 6.07) is 6.85. The fourth-order valence-electron chi connectivity index (χ4n) is 2.51. The quantitative estimate of drug-likeness (QED) is 0.913. The van der Waals surface area contributed by atoms with E-state index >= 15 is 0 Å². The monoisotopic (exact) mass is 305 g/mol. The highest BCUT2D eigenvalue weighted by Crippen LogP contribution is 2.44. The normalized spacial score (nSPS) is 16.0. The van der Waals surface area contributed by atoms with Crippen LogP contribution >= 0.6 is 11.3 Å². The molecule has 1 saturated carbocycles. The smallest absolute Gasteiger partial charge is 0.186 e. The number of nitrogens with zero attached hydrogens (tertiary/aromatic N) is 2. The number of hydrogen-bond acceptors (Lipinski definition) is 4. The lowest BCUT2D eigenvalue weighted by Crippen LogP contribution is -2.22. The topological polar surface area (TPSA) is 42.2 Å². The lowest BCUT2D eigenvalue weighted by Gasteiger charge is -2.25. The minimum atomic E-state index is -0.171. The summed E-state index contributed by atoms with van der Waals surface area (Å²) in [6.45, 7) is 2.53. The molecule has 1 fully saturated rings. The lowest BCUT2D eigenvalue weighted by molar-refractivity contribution is 0.585. The molecule has 3 nitrogen and oxygen atoms in total. The van der Waals surface area contributed by atoms with Crippen molar-refractivity contribution in [1.29, 1.82) is 0 Å². The SMILES string of the molecule is CC(c1ccccc1F)N(C)c1nc(C2CC2)c(CN)s1. The van der Waals surface area contributed by atoms with Crippen molar-refractivity contribution in [3.05, 3.63) is 46.2 Å². The van der Waals surface area contributed by atoms with Crippen LogP contribution < -0.4 is 10.6 Å². The summed E-state index contributed by atoms with van der Waals surface area (Å²) >= 11 is 1.63. The maximum Gasteiger partial charge on any atom is 0.186 e. The third-order valence-corrected chi connectivity index (χ3v) is 5.29. The van der Waals surface area contributed by atoms with Crippen molar-refractivity contribution in [2.45, 2.75) is 38.3 Å². The van der Waals surface area contributed by atoms with Gasteiger partial charge in [-0.15, -0.1) is 11.3 Å². The van der Waals surface area contributed by atoms with Crippen LogP contribution in [0.5, 0.6) is 0 Å². The predicted octanol–water partition coefficient (Wildman–Crippen LogP) is 3.82. The van der Waals surface area contributed by atoms with Crippen molar-refractivity contribution in [2.75, 3.05) is 11.9 Å². The van der Waals surface area contributed by atoms with Crippen molar-refractivity contribution < 1.29 is 4.39 Å². The van der Waals surface area contributed by atoms with Crippen LogP contribution in [0.25, 0.3) is 0 Å². The first-order valence-corrected chi connectivity index (χ1v) is 8.10. The predicted molar refractivity (Wildman–Crippen MR) is 85.2 cm³/mol. The van der Waals surface area contributed by atoms with E-state index < -0.39 is 0 Å². The van der Waals surface area contributed by atoms with E-state index in [9.17, 15) is 4.39 Å². The van der Waals surface area contributed by atoms with Gasteiger partial charge in [-0.05, 0) is 25.8 Å². The van der Waals surface area contributed by atoms with Crippen LogP contribution in [0.4, 0.5) is 9.52 Å². The Bertz CT molecular complexity index is 636. The Labute approximate surface area is 128 Å². The molecule has 0 spiro atoms. The second-order valence-electron chi connectivity index (χ2n) is 5.59. The van der Waals surface area contributed by atoms with Crippen LogP contribution in [0, 0.1) is 5.82 Å². The van der Waals surface area contributed by atoms with Crippen LogP contribution in [0.3, 0.4) is 0 Å². The molecule has 2 aromatic rings. The number of hydrogen-bond donors (Lipinski definition) is 1. The molecule has 1 atom stereocenters. The van der Waals surface area contributed by atoms with E-state index in [0.29, 0.717) is 18.0 Å². The van der Waals surface area contributed by atoms with Gasteiger partial charge in [-0.2, -0.15) is 0 Å². The van der Waals surface area contributed by atoms with E-state index in [-0.39, 0.29) is 11.9 Å². The van der Waals surface area contributed by atoms with E-state index in [1.807, 2.05) is 31.0 Å². The maximum atomic E-state index is 13.9. The molecule has 0 amide bonds. The van der Waals surface area contributed by atoms with Gasteiger partial charge in [0.15, 0.2) is 5.13 Å². The molecule has 3 rings (SSSR count). The molecular weight excluding hydrogens is 285 g/mol. The molecule has 0 radical (unpaired) electrons. The second kappa shape index (κ2) is 5.73. The molecule has 0 bridgehead atoms. The van der Waals surface area contributed by atoms with Gasteiger partial charge >= 0.3 is 0 Å². The minimum absolute atomic E-state index is 0.0602. The molecule has 1 aromatic heterocycles. The van der Waals surface area contributed by atoms with Gasteiger partial charge in [-0.3, -0.25) is 0 Å². The Morgan fingerprint density at radius 1 is 1.43 bits per heavy atom. The van der Waals surface area contributed by atoms with E-state index in [0.717, 1.165) is 10.8 Å². The number of anilines is 1. The summed E-state index contributed by atoms with van der Waals surface area (Å²) < 4.78 is 13.9. The zero-order valence-electron chi connectivity index (χ0n) is 12.3. The molecular formula is C16H20FN3S. The van der Waals surface area contributed by atoms with Gasteiger partial charge in [-0.1, -0.05) is 18.2 Å². The van der Waals surface area contributed by atoms with Crippen LogP contribution in [0.15, 0.2) is 24.3 Å². The number of rotatable bonds is 5. The zero-order valence-corrected chi connectivity index (χ0v) is 13.2. The van der Waals surface area contributed by atoms with Gasteiger partial charge in [0.1, 0.15) is 5.82 Å². The third kappa shape index (κ3) is 2.80. The Hall–Kier alpha value is -1.46. The Balaban J connectivity index is 1.87. The maximum absolute atomic E-state index is 13.9. The Kier molecular flexibility index (Phi) is 3.95. The van der Waals surface area contributed by atoms with Gasteiger partial charge in [0.05, 0.1) is 11.7 Å². The van der Waals surface area contributed by atoms with E-state index in [1.165, 1.54) is 23.8 Å². The number of halogens is 1. The first-order chi connectivity index (χ1) is 10.1. The van der Waals surface area contributed by atoms with Crippen molar-refractivity contribution in [3.8, 4) is 0 Å². The van der Waals surface area contributed by atoms with Gasteiger partial charge < -0.3 is 10.6 Å². The van der Waals surface area contributed by atoms with Gasteiger partial charge in [-0.25, -0.2) is 9.37 Å². The molecule has 2 N–H and O–H groups in total. The fourth-order valence-corrected chi connectivity index (χ4v) is 3.58. The van der Waals surface area contributed by atoms with Crippen LogP contribution in [0.1, 0.15) is 47.9 Å². The van der Waals surface area contributed by atoms with Crippen molar-refractivity contribution in [2.24, 2.45) is 5.73 Å². The molecule has 1 aromatic carbocycles. The first kappa shape index (κ1) is 14.5. The molecule has 112 valence electrons. The van der Waals surface area contributed by atoms with Gasteiger partial charge in [0, 0.05) is 30.0 Å². The van der Waals surface area contributed by atoms with E-state index in [1.54, 1.807) is 17.4 Å². The lowest BCUT2D eigenvalue weighted by atomic mass is 10.1.